The van der Waals surface area contributed by atoms with E-state index >= 15 is 0 Å². The van der Waals surface area contributed by atoms with Crippen molar-refractivity contribution in [1.29, 1.82) is 5.26 Å². The summed E-state index contributed by atoms with van der Waals surface area (Å²) in [6.45, 7) is 6.18. The first kappa shape index (κ1) is 16.7. The van der Waals surface area contributed by atoms with E-state index in [1.165, 1.54) is 11.8 Å². The van der Waals surface area contributed by atoms with Crippen molar-refractivity contribution in [2.24, 2.45) is 0 Å². The Morgan fingerprint density at radius 3 is 2.56 bits per heavy atom. The van der Waals surface area contributed by atoms with E-state index < -0.39 is 0 Å². The molecule has 7 heteroatoms. The van der Waals surface area contributed by atoms with Gasteiger partial charge in [0.2, 0.25) is 5.95 Å². The van der Waals surface area contributed by atoms with Gasteiger partial charge in [-0.2, -0.15) is 15.0 Å². The van der Waals surface area contributed by atoms with Crippen LogP contribution in [-0.2, 0) is 0 Å². The Morgan fingerprint density at radius 2 is 1.81 bits per heavy atom. The number of hydrogen-bond donors (Lipinski definition) is 1. The molecular weight excluding hydrogens is 338 g/mol. The minimum atomic E-state index is 0.389. The predicted octanol–water partition coefficient (Wildman–Crippen LogP) is 3.75. The van der Waals surface area contributed by atoms with Gasteiger partial charge in [-0.3, -0.25) is 0 Å². The first-order chi connectivity index (χ1) is 13.1. The molecule has 0 saturated heterocycles. The van der Waals surface area contributed by atoms with Gasteiger partial charge in [0.15, 0.2) is 11.6 Å². The lowest BCUT2D eigenvalue weighted by molar-refractivity contribution is 0.856. The monoisotopic (exact) mass is 355 g/mol. The lowest BCUT2D eigenvalue weighted by atomic mass is 10.0. The van der Waals surface area contributed by atoms with Gasteiger partial charge in [0.25, 0.3) is 0 Å². The zero-order chi connectivity index (χ0) is 19.0. The number of benzene rings is 1. The average molecular weight is 355 g/mol. The number of rotatable bonds is 3. The molecule has 0 aliphatic heterocycles. The summed E-state index contributed by atoms with van der Waals surface area (Å²) < 4.78 is 1.61. The molecule has 3 heterocycles. The Morgan fingerprint density at radius 1 is 1.04 bits per heavy atom. The van der Waals surface area contributed by atoms with Crippen molar-refractivity contribution in [1.82, 2.24) is 24.7 Å². The third-order valence-electron chi connectivity index (χ3n) is 4.34. The molecule has 1 aromatic carbocycles. The van der Waals surface area contributed by atoms with Crippen molar-refractivity contribution in [2.45, 2.75) is 20.8 Å². The molecule has 0 spiro atoms. The molecule has 27 heavy (non-hydrogen) atoms. The normalized spacial score (nSPS) is 10.7. The second kappa shape index (κ2) is 6.50. The van der Waals surface area contributed by atoms with Gasteiger partial charge in [-0.1, -0.05) is 11.6 Å². The van der Waals surface area contributed by atoms with Gasteiger partial charge in [0, 0.05) is 17.8 Å². The van der Waals surface area contributed by atoms with Gasteiger partial charge in [-0.05, 0) is 50.1 Å². The summed E-state index contributed by atoms with van der Waals surface area (Å²) in [4.78, 5) is 13.1. The smallest absolute Gasteiger partial charge is 0.228 e. The summed E-state index contributed by atoms with van der Waals surface area (Å²) in [6.07, 6.45) is 4.77. The quantitative estimate of drug-likeness (QED) is 0.602. The summed E-state index contributed by atoms with van der Waals surface area (Å²) >= 11 is 0. The molecule has 0 unspecified atom stereocenters. The van der Waals surface area contributed by atoms with Crippen LogP contribution >= 0.6 is 0 Å². The zero-order valence-electron chi connectivity index (χ0n) is 15.2. The molecule has 0 saturated carbocycles. The van der Waals surface area contributed by atoms with Crippen molar-refractivity contribution in [2.75, 3.05) is 5.32 Å². The van der Waals surface area contributed by atoms with Crippen LogP contribution in [-0.4, -0.2) is 24.7 Å². The Balaban J connectivity index is 1.89. The number of nitrogens with one attached hydrogen (secondary N) is 1. The molecular formula is C20H17N7. The van der Waals surface area contributed by atoms with E-state index in [9.17, 15) is 5.26 Å². The van der Waals surface area contributed by atoms with Crippen molar-refractivity contribution in [3.63, 3.8) is 0 Å². The summed E-state index contributed by atoms with van der Waals surface area (Å²) in [6, 6.07) is 10.1. The van der Waals surface area contributed by atoms with Crippen LogP contribution in [0.4, 0.5) is 11.8 Å². The second-order valence-corrected chi connectivity index (χ2v) is 6.40. The maximum Gasteiger partial charge on any atom is 0.228 e. The largest absolute Gasteiger partial charge is 0.307 e. The van der Waals surface area contributed by atoms with Crippen molar-refractivity contribution < 1.29 is 0 Å². The molecule has 4 rings (SSSR count). The third kappa shape index (κ3) is 2.98. The molecule has 4 aromatic rings. The number of nitrogens with zero attached hydrogens (tertiary/aromatic N) is 6. The Labute approximate surface area is 156 Å². The third-order valence-corrected chi connectivity index (χ3v) is 4.34. The number of hydrogen-bond acceptors (Lipinski definition) is 6. The Kier molecular flexibility index (Phi) is 4.01. The molecule has 7 nitrogen and oxygen atoms in total. The number of anilines is 2. The lowest BCUT2D eigenvalue weighted by Gasteiger charge is -2.12. The zero-order valence-corrected chi connectivity index (χ0v) is 15.2. The molecule has 0 amide bonds. The first-order valence-corrected chi connectivity index (χ1v) is 8.48. The standard InChI is InChI=1S/C20H17N7/c1-12-7-14(3)18-16(8-12)13(2)9-17(25-18)27-19(15(10-21)11-24-27)26-20-22-5-4-6-23-20/h4-9,11H,1-3H3,(H,22,23,26). The predicted molar refractivity (Wildman–Crippen MR) is 103 cm³/mol. The molecule has 3 aromatic heterocycles. The molecule has 132 valence electrons. The van der Waals surface area contributed by atoms with E-state index in [2.05, 4.69) is 52.4 Å². The molecule has 0 atom stereocenters. The number of aromatic nitrogens is 5. The Bertz CT molecular complexity index is 1190. The highest BCUT2D eigenvalue weighted by Gasteiger charge is 2.16. The van der Waals surface area contributed by atoms with Crippen LogP contribution in [0.3, 0.4) is 0 Å². The van der Waals surface area contributed by atoms with E-state index in [0.29, 0.717) is 23.1 Å². The number of pyridine rings is 1. The molecule has 0 aliphatic rings. The minimum Gasteiger partial charge on any atom is -0.307 e. The fourth-order valence-electron chi connectivity index (χ4n) is 3.13. The fraction of sp³-hybridized carbons (Fsp3) is 0.150. The van der Waals surface area contributed by atoms with E-state index in [4.69, 9.17) is 4.98 Å². The van der Waals surface area contributed by atoms with Crippen molar-refractivity contribution in [3.8, 4) is 11.9 Å². The van der Waals surface area contributed by atoms with Crippen LogP contribution in [0.1, 0.15) is 22.3 Å². The highest BCUT2D eigenvalue weighted by Crippen LogP contribution is 2.27. The van der Waals surface area contributed by atoms with Crippen molar-refractivity contribution in [3.05, 3.63) is 65.1 Å². The van der Waals surface area contributed by atoms with Gasteiger partial charge < -0.3 is 5.32 Å². The van der Waals surface area contributed by atoms with Gasteiger partial charge in [-0.25, -0.2) is 15.0 Å². The van der Waals surface area contributed by atoms with Crippen molar-refractivity contribution >= 4 is 22.7 Å². The Hall–Kier alpha value is -3.79. The van der Waals surface area contributed by atoms with Gasteiger partial charge in [0.1, 0.15) is 11.6 Å². The van der Waals surface area contributed by atoms with E-state index in [-0.39, 0.29) is 0 Å². The minimum absolute atomic E-state index is 0.389. The first-order valence-electron chi connectivity index (χ1n) is 8.48. The van der Waals surface area contributed by atoms with Crippen LogP contribution in [0.25, 0.3) is 16.7 Å². The SMILES string of the molecule is Cc1cc(C)c2nc(-n3ncc(C#N)c3Nc3ncccn3)cc(C)c2c1. The van der Waals surface area contributed by atoms with Crippen LogP contribution in [0, 0.1) is 32.1 Å². The number of fused-ring (bicyclic) bond motifs is 1. The summed E-state index contributed by atoms with van der Waals surface area (Å²) in [5, 5.41) is 18.0. The van der Waals surface area contributed by atoms with Crippen LogP contribution in [0.5, 0.6) is 0 Å². The van der Waals surface area contributed by atoms with Gasteiger partial charge >= 0.3 is 0 Å². The van der Waals surface area contributed by atoms with E-state index in [1.54, 1.807) is 23.1 Å². The topological polar surface area (TPSA) is 92.3 Å². The molecule has 0 aliphatic carbocycles. The summed E-state index contributed by atoms with van der Waals surface area (Å²) in [5.74, 6) is 1.51. The maximum absolute atomic E-state index is 9.45. The number of aryl methyl sites for hydroxylation is 3. The average Bonchev–Trinajstić information content (AvgIpc) is 3.06. The van der Waals surface area contributed by atoms with Gasteiger partial charge in [0.05, 0.1) is 11.7 Å². The molecule has 0 bridgehead atoms. The fourth-order valence-corrected chi connectivity index (χ4v) is 3.13. The van der Waals surface area contributed by atoms with Crippen LogP contribution in [0.2, 0.25) is 0 Å². The van der Waals surface area contributed by atoms with E-state index in [1.807, 2.05) is 13.0 Å². The van der Waals surface area contributed by atoms with Crippen LogP contribution in [0.15, 0.2) is 42.9 Å². The van der Waals surface area contributed by atoms with E-state index in [0.717, 1.165) is 22.0 Å². The second-order valence-electron chi connectivity index (χ2n) is 6.40. The number of nitriles is 1. The molecule has 0 fully saturated rings. The van der Waals surface area contributed by atoms with Gasteiger partial charge in [-0.15, -0.1) is 0 Å². The highest BCUT2D eigenvalue weighted by molar-refractivity contribution is 5.86. The summed E-state index contributed by atoms with van der Waals surface area (Å²) in [5.41, 5.74) is 4.71. The molecule has 1 N–H and O–H groups in total. The molecule has 0 radical (unpaired) electrons. The summed E-state index contributed by atoms with van der Waals surface area (Å²) in [7, 11) is 0. The maximum atomic E-state index is 9.45. The van der Waals surface area contributed by atoms with Crippen LogP contribution < -0.4 is 5.32 Å². The highest BCUT2D eigenvalue weighted by atomic mass is 15.4. The lowest BCUT2D eigenvalue weighted by Crippen LogP contribution is -2.07.